The highest BCUT2D eigenvalue weighted by atomic mass is 19.3. The Morgan fingerprint density at radius 2 is 2.14 bits per heavy atom. The minimum absolute atomic E-state index is 0.00824. The van der Waals surface area contributed by atoms with Crippen molar-refractivity contribution in [1.29, 1.82) is 0 Å². The summed E-state index contributed by atoms with van der Waals surface area (Å²) in [6.07, 6.45) is -2.44. The van der Waals surface area contributed by atoms with Gasteiger partial charge in [-0.1, -0.05) is 24.3 Å². The number of carbonyl (C=O) groups is 1. The quantitative estimate of drug-likeness (QED) is 0.866. The van der Waals surface area contributed by atoms with E-state index >= 15 is 0 Å². The van der Waals surface area contributed by atoms with Gasteiger partial charge < -0.3 is 10.6 Å². The highest BCUT2D eigenvalue weighted by molar-refractivity contribution is 5.82. The molecule has 2 rings (SSSR count). The van der Waals surface area contributed by atoms with Crippen LogP contribution in [0, 0.1) is 0 Å². The zero-order chi connectivity index (χ0) is 15.2. The number of amides is 1. The standard InChI is InChI=1S/C15H21F2N3O/c1-2-19-15(21)13-9-18-7-8-20(13)10-11-3-5-12(6-4-11)14(16)17/h3-6,13-14,18H,2,7-10H2,1H3,(H,19,21). The van der Waals surface area contributed by atoms with E-state index in [0.29, 0.717) is 19.6 Å². The molecular formula is C15H21F2N3O. The number of rotatable bonds is 5. The van der Waals surface area contributed by atoms with Crippen LogP contribution in [-0.2, 0) is 11.3 Å². The number of hydrogen-bond acceptors (Lipinski definition) is 3. The fourth-order valence-electron chi connectivity index (χ4n) is 2.49. The highest BCUT2D eigenvalue weighted by Crippen LogP contribution is 2.19. The number of nitrogens with one attached hydrogen (secondary N) is 2. The van der Waals surface area contributed by atoms with Gasteiger partial charge in [0.25, 0.3) is 6.43 Å². The van der Waals surface area contributed by atoms with Crippen LogP contribution in [0.25, 0.3) is 0 Å². The SMILES string of the molecule is CCNC(=O)C1CNCCN1Cc1ccc(C(F)F)cc1. The largest absolute Gasteiger partial charge is 0.355 e. The monoisotopic (exact) mass is 297 g/mol. The summed E-state index contributed by atoms with van der Waals surface area (Å²) in [6.45, 7) is 5.28. The first-order valence-electron chi connectivity index (χ1n) is 7.21. The molecule has 4 nitrogen and oxygen atoms in total. The lowest BCUT2D eigenvalue weighted by atomic mass is 10.1. The number of carbonyl (C=O) groups excluding carboxylic acids is 1. The van der Waals surface area contributed by atoms with Crippen LogP contribution in [0.4, 0.5) is 8.78 Å². The first kappa shape index (κ1) is 15.9. The van der Waals surface area contributed by atoms with Gasteiger partial charge in [-0.2, -0.15) is 0 Å². The molecule has 1 fully saturated rings. The molecule has 1 saturated heterocycles. The third kappa shape index (κ3) is 4.22. The third-order valence-corrected chi connectivity index (χ3v) is 3.63. The molecule has 1 unspecified atom stereocenters. The van der Waals surface area contributed by atoms with Crippen LogP contribution in [0.1, 0.15) is 24.5 Å². The van der Waals surface area contributed by atoms with E-state index in [2.05, 4.69) is 15.5 Å². The summed E-state index contributed by atoms with van der Waals surface area (Å²) in [4.78, 5) is 14.1. The minimum Gasteiger partial charge on any atom is -0.355 e. The van der Waals surface area contributed by atoms with Crippen LogP contribution in [0.3, 0.4) is 0 Å². The lowest BCUT2D eigenvalue weighted by molar-refractivity contribution is -0.127. The maximum absolute atomic E-state index is 12.5. The molecule has 0 radical (unpaired) electrons. The number of hydrogen-bond donors (Lipinski definition) is 2. The molecule has 21 heavy (non-hydrogen) atoms. The van der Waals surface area contributed by atoms with Crippen molar-refractivity contribution in [3.8, 4) is 0 Å². The van der Waals surface area contributed by atoms with Crippen molar-refractivity contribution in [2.75, 3.05) is 26.2 Å². The molecule has 1 aromatic rings. The first-order valence-corrected chi connectivity index (χ1v) is 7.21. The Morgan fingerprint density at radius 3 is 2.76 bits per heavy atom. The van der Waals surface area contributed by atoms with E-state index in [1.54, 1.807) is 12.1 Å². The van der Waals surface area contributed by atoms with Gasteiger partial charge in [0.15, 0.2) is 0 Å². The van der Waals surface area contributed by atoms with Crippen LogP contribution >= 0.6 is 0 Å². The molecule has 2 N–H and O–H groups in total. The Labute approximate surface area is 123 Å². The summed E-state index contributed by atoms with van der Waals surface area (Å²) in [5.74, 6) is 0.00824. The topological polar surface area (TPSA) is 44.4 Å². The number of halogens is 2. The van der Waals surface area contributed by atoms with E-state index in [0.717, 1.165) is 18.7 Å². The van der Waals surface area contributed by atoms with Crippen LogP contribution < -0.4 is 10.6 Å². The molecule has 0 aromatic heterocycles. The predicted octanol–water partition coefficient (Wildman–Crippen LogP) is 1.53. The highest BCUT2D eigenvalue weighted by Gasteiger charge is 2.28. The normalized spacial score (nSPS) is 19.7. The third-order valence-electron chi connectivity index (χ3n) is 3.63. The van der Waals surface area contributed by atoms with Crippen molar-refractivity contribution in [2.45, 2.75) is 25.9 Å². The van der Waals surface area contributed by atoms with Gasteiger partial charge in [0, 0.05) is 38.3 Å². The number of benzene rings is 1. The molecule has 0 bridgehead atoms. The van der Waals surface area contributed by atoms with Crippen molar-refractivity contribution in [1.82, 2.24) is 15.5 Å². The molecule has 1 atom stereocenters. The Hall–Kier alpha value is -1.53. The zero-order valence-corrected chi connectivity index (χ0v) is 12.1. The number of alkyl halides is 2. The van der Waals surface area contributed by atoms with Crippen LogP contribution in [0.2, 0.25) is 0 Å². The van der Waals surface area contributed by atoms with Crippen molar-refractivity contribution < 1.29 is 13.6 Å². The van der Waals surface area contributed by atoms with Crippen LogP contribution in [0.15, 0.2) is 24.3 Å². The van der Waals surface area contributed by atoms with Gasteiger partial charge in [-0.05, 0) is 12.5 Å². The average Bonchev–Trinajstić information content (AvgIpc) is 2.48. The summed E-state index contributed by atoms with van der Waals surface area (Å²) in [6, 6.07) is 6.09. The second-order valence-corrected chi connectivity index (χ2v) is 5.13. The van der Waals surface area contributed by atoms with E-state index in [1.165, 1.54) is 12.1 Å². The van der Waals surface area contributed by atoms with Gasteiger partial charge in [-0.25, -0.2) is 8.78 Å². The molecule has 0 saturated carbocycles. The van der Waals surface area contributed by atoms with Crippen LogP contribution in [-0.4, -0.2) is 43.0 Å². The van der Waals surface area contributed by atoms with Gasteiger partial charge in [0.2, 0.25) is 5.91 Å². The van der Waals surface area contributed by atoms with Crippen molar-refractivity contribution in [3.63, 3.8) is 0 Å². The maximum Gasteiger partial charge on any atom is 0.263 e. The van der Waals surface area contributed by atoms with E-state index in [1.807, 2.05) is 6.92 Å². The van der Waals surface area contributed by atoms with Gasteiger partial charge in [0.05, 0.1) is 0 Å². The Balaban J connectivity index is 2.03. The molecule has 1 aliphatic heterocycles. The summed E-state index contributed by atoms with van der Waals surface area (Å²) in [5.41, 5.74) is 0.968. The molecule has 6 heteroatoms. The number of piperazine rings is 1. The fourth-order valence-corrected chi connectivity index (χ4v) is 2.49. The van der Waals surface area contributed by atoms with Gasteiger partial charge >= 0.3 is 0 Å². The van der Waals surface area contributed by atoms with Crippen molar-refractivity contribution in [3.05, 3.63) is 35.4 Å². The van der Waals surface area contributed by atoms with E-state index in [4.69, 9.17) is 0 Å². The van der Waals surface area contributed by atoms with Gasteiger partial charge in [-0.3, -0.25) is 9.69 Å². The Bertz CT molecular complexity index is 464. The molecule has 1 amide bonds. The fraction of sp³-hybridized carbons (Fsp3) is 0.533. The molecule has 1 aromatic carbocycles. The molecule has 0 spiro atoms. The average molecular weight is 297 g/mol. The van der Waals surface area contributed by atoms with Crippen molar-refractivity contribution >= 4 is 5.91 Å². The van der Waals surface area contributed by atoms with E-state index < -0.39 is 6.43 Å². The lowest BCUT2D eigenvalue weighted by Crippen LogP contribution is -2.57. The molecule has 1 aliphatic rings. The zero-order valence-electron chi connectivity index (χ0n) is 12.1. The van der Waals surface area contributed by atoms with Crippen molar-refractivity contribution in [2.24, 2.45) is 0 Å². The smallest absolute Gasteiger partial charge is 0.263 e. The van der Waals surface area contributed by atoms with Crippen LogP contribution in [0.5, 0.6) is 0 Å². The molecule has 1 heterocycles. The molecular weight excluding hydrogens is 276 g/mol. The van der Waals surface area contributed by atoms with Gasteiger partial charge in [-0.15, -0.1) is 0 Å². The summed E-state index contributed by atoms with van der Waals surface area (Å²) >= 11 is 0. The number of likely N-dealkylation sites (N-methyl/N-ethyl adjacent to an activating group) is 1. The molecule has 0 aliphatic carbocycles. The first-order chi connectivity index (χ1) is 10.1. The van der Waals surface area contributed by atoms with Gasteiger partial charge in [0.1, 0.15) is 6.04 Å². The summed E-state index contributed by atoms with van der Waals surface area (Å²) in [5, 5.41) is 6.05. The lowest BCUT2D eigenvalue weighted by Gasteiger charge is -2.35. The number of nitrogens with zero attached hydrogens (tertiary/aromatic N) is 1. The Morgan fingerprint density at radius 1 is 1.43 bits per heavy atom. The predicted molar refractivity (Wildman–Crippen MR) is 77.2 cm³/mol. The maximum atomic E-state index is 12.5. The molecule has 116 valence electrons. The second-order valence-electron chi connectivity index (χ2n) is 5.13. The summed E-state index contributed by atoms with van der Waals surface area (Å²) in [7, 11) is 0. The second kappa shape index (κ2) is 7.47. The summed E-state index contributed by atoms with van der Waals surface area (Å²) < 4.78 is 25.1. The van der Waals surface area contributed by atoms with E-state index in [9.17, 15) is 13.6 Å². The Kier molecular flexibility index (Phi) is 5.64. The van der Waals surface area contributed by atoms with E-state index in [-0.39, 0.29) is 17.5 Å². The minimum atomic E-state index is -2.44.